The van der Waals surface area contributed by atoms with Gasteiger partial charge in [0.15, 0.2) is 0 Å². The molecule has 0 bridgehead atoms. The number of non-ortho nitro benzene ring substituents is 1. The number of carbonyl (C=O) groups is 2. The number of H-pyrrole nitrogens is 1. The maximum atomic E-state index is 12.5. The lowest BCUT2D eigenvalue weighted by molar-refractivity contribution is -0.384. The summed E-state index contributed by atoms with van der Waals surface area (Å²) < 4.78 is 0. The normalized spacial score (nSPS) is 10.6. The summed E-state index contributed by atoms with van der Waals surface area (Å²) in [4.78, 5) is 33.8. The Bertz CT molecular complexity index is 992. The van der Waals surface area contributed by atoms with Gasteiger partial charge < -0.3 is 10.4 Å². The Morgan fingerprint density at radius 3 is 2.64 bits per heavy atom. The maximum Gasteiger partial charge on any atom is 0.335 e. The second-order valence-corrected chi connectivity index (χ2v) is 5.37. The average molecular weight is 340 g/mol. The number of carboxylic acid groups (broad SMARTS) is 1. The van der Waals surface area contributed by atoms with Gasteiger partial charge in [-0.05, 0) is 24.6 Å². The summed E-state index contributed by atoms with van der Waals surface area (Å²) >= 11 is 0. The molecule has 0 aliphatic carbocycles. The van der Waals surface area contributed by atoms with Crippen molar-refractivity contribution in [3.8, 4) is 0 Å². The molecule has 0 unspecified atom stereocenters. The predicted octanol–water partition coefficient (Wildman–Crippen LogP) is 2.73. The number of fused-ring (bicyclic) bond motifs is 1. The first-order valence-corrected chi connectivity index (χ1v) is 7.13. The quantitative estimate of drug-likeness (QED) is 0.493. The fourth-order valence-corrected chi connectivity index (χ4v) is 2.44. The van der Waals surface area contributed by atoms with Gasteiger partial charge in [-0.25, -0.2) is 4.79 Å². The zero-order chi connectivity index (χ0) is 18.1. The van der Waals surface area contributed by atoms with E-state index in [-0.39, 0.29) is 11.1 Å². The van der Waals surface area contributed by atoms with Crippen molar-refractivity contribution in [3.63, 3.8) is 0 Å². The number of carboxylic acids is 1. The number of aromatic amines is 1. The summed E-state index contributed by atoms with van der Waals surface area (Å²) in [6, 6.07) is 6.48. The SMILES string of the molecule is Cc1ccc(NC(=O)c2cc(C(=O)O)cc([N+](=O)[O-])c2)c2[nH]ncc12. The highest BCUT2D eigenvalue weighted by atomic mass is 16.6. The molecule has 0 fully saturated rings. The average Bonchev–Trinajstić information content (AvgIpc) is 3.07. The van der Waals surface area contributed by atoms with Gasteiger partial charge in [0.25, 0.3) is 11.6 Å². The van der Waals surface area contributed by atoms with Crippen LogP contribution in [0.3, 0.4) is 0 Å². The number of nitro groups is 1. The molecule has 1 aromatic heterocycles. The number of hydrogen-bond acceptors (Lipinski definition) is 5. The first kappa shape index (κ1) is 16.1. The third kappa shape index (κ3) is 3.02. The van der Waals surface area contributed by atoms with Crippen LogP contribution in [0.2, 0.25) is 0 Å². The van der Waals surface area contributed by atoms with E-state index in [4.69, 9.17) is 5.11 Å². The smallest absolute Gasteiger partial charge is 0.335 e. The molecule has 9 nitrogen and oxygen atoms in total. The zero-order valence-corrected chi connectivity index (χ0v) is 12.9. The fraction of sp³-hybridized carbons (Fsp3) is 0.0625. The van der Waals surface area contributed by atoms with E-state index in [0.717, 1.165) is 29.1 Å². The second-order valence-electron chi connectivity index (χ2n) is 5.37. The van der Waals surface area contributed by atoms with Crippen LogP contribution in [0.1, 0.15) is 26.3 Å². The standard InChI is InChI=1S/C16H12N4O5/c1-8-2-3-13(14-12(8)7-17-19-14)18-15(21)9-4-10(16(22)23)6-11(5-9)20(24)25/h2-7H,1H3,(H,17,19)(H,18,21)(H,22,23). The monoisotopic (exact) mass is 340 g/mol. The number of nitrogens with zero attached hydrogens (tertiary/aromatic N) is 2. The van der Waals surface area contributed by atoms with Gasteiger partial charge in [0, 0.05) is 23.1 Å². The van der Waals surface area contributed by atoms with Gasteiger partial charge in [-0.3, -0.25) is 20.0 Å². The van der Waals surface area contributed by atoms with Crippen molar-refractivity contribution in [2.24, 2.45) is 0 Å². The lowest BCUT2D eigenvalue weighted by Crippen LogP contribution is -2.14. The molecule has 1 amide bonds. The maximum absolute atomic E-state index is 12.5. The first-order chi connectivity index (χ1) is 11.9. The van der Waals surface area contributed by atoms with E-state index in [1.807, 2.05) is 6.92 Å². The highest BCUT2D eigenvalue weighted by Gasteiger charge is 2.18. The van der Waals surface area contributed by atoms with Gasteiger partial charge in [0.05, 0.1) is 27.9 Å². The molecular formula is C16H12N4O5. The summed E-state index contributed by atoms with van der Waals surface area (Å²) in [5.74, 6) is -2.02. The Morgan fingerprint density at radius 1 is 1.24 bits per heavy atom. The van der Waals surface area contributed by atoms with E-state index in [9.17, 15) is 19.7 Å². The number of aromatic nitrogens is 2. The van der Waals surface area contributed by atoms with Crippen molar-refractivity contribution in [1.82, 2.24) is 10.2 Å². The van der Waals surface area contributed by atoms with Gasteiger partial charge in [-0.2, -0.15) is 5.10 Å². The molecule has 0 saturated carbocycles. The number of nitro benzene ring substituents is 1. The van der Waals surface area contributed by atoms with Crippen LogP contribution in [0.25, 0.3) is 10.9 Å². The third-order valence-electron chi connectivity index (χ3n) is 3.72. The fourth-order valence-electron chi connectivity index (χ4n) is 2.44. The van der Waals surface area contributed by atoms with E-state index >= 15 is 0 Å². The Labute approximate surface area is 140 Å². The van der Waals surface area contributed by atoms with Crippen molar-refractivity contribution >= 4 is 34.2 Å². The van der Waals surface area contributed by atoms with Gasteiger partial charge in [0.2, 0.25) is 0 Å². The molecule has 9 heteroatoms. The molecule has 3 rings (SSSR count). The van der Waals surface area contributed by atoms with E-state index < -0.39 is 22.5 Å². The number of nitrogens with one attached hydrogen (secondary N) is 2. The number of benzene rings is 2. The molecule has 0 atom stereocenters. The molecule has 0 radical (unpaired) electrons. The second kappa shape index (κ2) is 6.04. The molecule has 3 N–H and O–H groups in total. The molecule has 0 aliphatic heterocycles. The molecule has 1 heterocycles. The van der Waals surface area contributed by atoms with E-state index in [1.165, 1.54) is 0 Å². The van der Waals surface area contributed by atoms with Crippen LogP contribution >= 0.6 is 0 Å². The Hall–Kier alpha value is -3.75. The number of anilines is 1. The van der Waals surface area contributed by atoms with Gasteiger partial charge in [-0.1, -0.05) is 6.07 Å². The van der Waals surface area contributed by atoms with Crippen molar-refractivity contribution in [3.05, 3.63) is 63.3 Å². The van der Waals surface area contributed by atoms with E-state index in [0.29, 0.717) is 11.2 Å². The number of aryl methyl sites for hydroxylation is 1. The summed E-state index contributed by atoms with van der Waals surface area (Å²) in [5, 5.41) is 30.2. The zero-order valence-electron chi connectivity index (χ0n) is 12.9. The van der Waals surface area contributed by atoms with Crippen molar-refractivity contribution in [1.29, 1.82) is 0 Å². The lowest BCUT2D eigenvalue weighted by atomic mass is 10.1. The van der Waals surface area contributed by atoms with E-state index in [2.05, 4.69) is 15.5 Å². The molecule has 0 spiro atoms. The summed E-state index contributed by atoms with van der Waals surface area (Å²) in [6.07, 6.45) is 1.62. The Balaban J connectivity index is 2.00. The Morgan fingerprint density at radius 2 is 1.96 bits per heavy atom. The number of rotatable bonds is 4. The first-order valence-electron chi connectivity index (χ1n) is 7.13. The van der Waals surface area contributed by atoms with Crippen LogP contribution in [-0.4, -0.2) is 32.1 Å². The summed E-state index contributed by atoms with van der Waals surface area (Å²) in [6.45, 7) is 1.89. The van der Waals surface area contributed by atoms with Gasteiger partial charge in [-0.15, -0.1) is 0 Å². The summed E-state index contributed by atoms with van der Waals surface area (Å²) in [7, 11) is 0. The van der Waals surface area contributed by atoms with Crippen LogP contribution in [0.4, 0.5) is 11.4 Å². The number of carbonyl (C=O) groups excluding carboxylic acids is 1. The largest absolute Gasteiger partial charge is 0.478 e. The third-order valence-corrected chi connectivity index (χ3v) is 3.72. The molecule has 3 aromatic rings. The lowest BCUT2D eigenvalue weighted by Gasteiger charge is -2.08. The number of hydrogen-bond donors (Lipinski definition) is 3. The summed E-state index contributed by atoms with van der Waals surface area (Å²) in [5.41, 5.74) is 1.07. The van der Waals surface area contributed by atoms with Crippen molar-refractivity contribution in [2.75, 3.05) is 5.32 Å². The minimum absolute atomic E-state index is 0.125. The highest BCUT2D eigenvalue weighted by Crippen LogP contribution is 2.25. The molecular weight excluding hydrogens is 328 g/mol. The van der Waals surface area contributed by atoms with Gasteiger partial charge >= 0.3 is 5.97 Å². The van der Waals surface area contributed by atoms with Crippen molar-refractivity contribution in [2.45, 2.75) is 6.92 Å². The molecule has 126 valence electrons. The predicted molar refractivity (Wildman–Crippen MR) is 88.8 cm³/mol. The molecule has 0 aliphatic rings. The molecule has 2 aromatic carbocycles. The van der Waals surface area contributed by atoms with Crippen molar-refractivity contribution < 1.29 is 19.6 Å². The van der Waals surface area contributed by atoms with Gasteiger partial charge in [0.1, 0.15) is 0 Å². The van der Waals surface area contributed by atoms with Crippen LogP contribution in [0, 0.1) is 17.0 Å². The molecule has 25 heavy (non-hydrogen) atoms. The van der Waals surface area contributed by atoms with Crippen LogP contribution < -0.4 is 5.32 Å². The molecule has 0 saturated heterocycles. The number of amides is 1. The van der Waals surface area contributed by atoms with Crippen LogP contribution in [0.15, 0.2) is 36.5 Å². The van der Waals surface area contributed by atoms with Crippen LogP contribution in [0.5, 0.6) is 0 Å². The highest BCUT2D eigenvalue weighted by molar-refractivity contribution is 6.09. The van der Waals surface area contributed by atoms with E-state index in [1.54, 1.807) is 18.3 Å². The minimum Gasteiger partial charge on any atom is -0.478 e. The topological polar surface area (TPSA) is 138 Å². The minimum atomic E-state index is -1.36. The Kier molecular flexibility index (Phi) is 3.89. The number of aromatic carboxylic acids is 1. The van der Waals surface area contributed by atoms with Crippen LogP contribution in [-0.2, 0) is 0 Å².